The number of nitriles is 1. The Hall–Kier alpha value is -1.97. The van der Waals surface area contributed by atoms with E-state index < -0.39 is 5.54 Å². The van der Waals surface area contributed by atoms with Gasteiger partial charge >= 0.3 is 0 Å². The Morgan fingerprint density at radius 2 is 2.17 bits per heavy atom. The quantitative estimate of drug-likeness (QED) is 0.869. The van der Waals surface area contributed by atoms with E-state index in [4.69, 9.17) is 9.47 Å². The molecular weight excluding hydrogens is 311 g/mol. The zero-order chi connectivity index (χ0) is 17.0. The highest BCUT2D eigenvalue weighted by Crippen LogP contribution is 2.29. The number of halogens is 1. The Balaban J connectivity index is 1.66. The lowest BCUT2D eigenvalue weighted by molar-refractivity contribution is 0.0531. The first-order valence-corrected chi connectivity index (χ1v) is 8.29. The second-order valence-electron chi connectivity index (χ2n) is 6.53. The predicted octanol–water partition coefficient (Wildman–Crippen LogP) is 2.55. The van der Waals surface area contributed by atoms with E-state index in [2.05, 4.69) is 11.4 Å². The van der Waals surface area contributed by atoms with Crippen molar-refractivity contribution in [3.63, 3.8) is 0 Å². The molecule has 1 aliphatic heterocycles. The lowest BCUT2D eigenvalue weighted by Crippen LogP contribution is -2.50. The number of hydrogen-bond acceptors (Lipinski definition) is 4. The monoisotopic (exact) mass is 332 g/mol. The van der Waals surface area contributed by atoms with Gasteiger partial charge in [0.15, 0.2) is 0 Å². The number of nitrogens with one attached hydrogen (secondary N) is 1. The van der Waals surface area contributed by atoms with Gasteiger partial charge in [0.25, 0.3) is 5.91 Å². The number of rotatable bonds is 6. The second kappa shape index (κ2) is 7.29. The summed E-state index contributed by atoms with van der Waals surface area (Å²) in [7, 11) is 0. The smallest absolute Gasteiger partial charge is 0.252 e. The van der Waals surface area contributed by atoms with Crippen molar-refractivity contribution in [1.82, 2.24) is 5.32 Å². The van der Waals surface area contributed by atoms with Crippen LogP contribution in [-0.4, -0.2) is 31.3 Å². The molecule has 0 bridgehead atoms. The van der Waals surface area contributed by atoms with E-state index in [1.165, 1.54) is 31.0 Å². The summed E-state index contributed by atoms with van der Waals surface area (Å²) in [6, 6.07) is 6.39. The van der Waals surface area contributed by atoms with Gasteiger partial charge in [-0.2, -0.15) is 5.26 Å². The average Bonchev–Trinajstić information content (AvgIpc) is 3.41. The molecule has 2 aliphatic rings. The molecule has 0 atom stereocenters. The molecule has 0 aromatic heterocycles. The van der Waals surface area contributed by atoms with E-state index in [0.717, 1.165) is 0 Å². The zero-order valence-electron chi connectivity index (χ0n) is 13.5. The molecule has 6 heteroatoms. The highest BCUT2D eigenvalue weighted by molar-refractivity contribution is 5.95. The van der Waals surface area contributed by atoms with E-state index >= 15 is 0 Å². The van der Waals surface area contributed by atoms with Crippen molar-refractivity contribution in [1.29, 1.82) is 5.26 Å². The van der Waals surface area contributed by atoms with Gasteiger partial charge < -0.3 is 14.8 Å². The number of ether oxygens (including phenoxy) is 2. The van der Waals surface area contributed by atoms with Crippen LogP contribution >= 0.6 is 0 Å². The third kappa shape index (κ3) is 4.11. The number of benzene rings is 1. The van der Waals surface area contributed by atoms with Gasteiger partial charge in [-0.1, -0.05) is 0 Å². The minimum absolute atomic E-state index is 0.153. The molecule has 24 heavy (non-hydrogen) atoms. The topological polar surface area (TPSA) is 71.4 Å². The third-order valence-corrected chi connectivity index (χ3v) is 4.53. The minimum Gasteiger partial charge on any atom is -0.381 e. The first kappa shape index (κ1) is 16.9. The average molecular weight is 332 g/mol. The second-order valence-corrected chi connectivity index (χ2v) is 6.53. The molecule has 1 aromatic carbocycles. The van der Waals surface area contributed by atoms with Crippen molar-refractivity contribution in [3.8, 4) is 6.07 Å². The van der Waals surface area contributed by atoms with Gasteiger partial charge in [0.1, 0.15) is 11.4 Å². The maximum absolute atomic E-state index is 13.9. The molecule has 1 heterocycles. The zero-order valence-corrected chi connectivity index (χ0v) is 13.5. The normalized spacial score (nSPS) is 19.5. The lowest BCUT2D eigenvalue weighted by atomic mass is 9.91. The van der Waals surface area contributed by atoms with Gasteiger partial charge in [-0.05, 0) is 37.0 Å². The summed E-state index contributed by atoms with van der Waals surface area (Å²) in [5, 5.41) is 12.2. The highest BCUT2D eigenvalue weighted by atomic mass is 19.1. The Bertz CT molecular complexity index is 646. The first-order chi connectivity index (χ1) is 11.6. The van der Waals surface area contributed by atoms with Gasteiger partial charge in [0, 0.05) is 43.8 Å². The summed E-state index contributed by atoms with van der Waals surface area (Å²) >= 11 is 0. The Morgan fingerprint density at radius 1 is 1.42 bits per heavy atom. The molecule has 3 rings (SSSR count). The fourth-order valence-electron chi connectivity index (χ4n) is 2.72. The van der Waals surface area contributed by atoms with Crippen LogP contribution in [0.25, 0.3) is 0 Å². The molecule has 1 aromatic rings. The molecule has 0 spiro atoms. The molecule has 1 amide bonds. The van der Waals surface area contributed by atoms with Crippen LogP contribution in [-0.2, 0) is 16.1 Å². The van der Waals surface area contributed by atoms with E-state index in [9.17, 15) is 14.4 Å². The molecule has 2 fully saturated rings. The first-order valence-electron chi connectivity index (χ1n) is 8.29. The minimum atomic E-state index is -0.910. The standard InChI is InChI=1S/C18H21FN2O3/c19-16-4-3-14(9-15(16)11-24-10-13-1-2-13)17(22)21-18(12-20)5-7-23-8-6-18/h3-4,9,13H,1-2,5-8,10-11H2,(H,21,22). The molecule has 5 nitrogen and oxygen atoms in total. The molecule has 128 valence electrons. The predicted molar refractivity (Wildman–Crippen MR) is 84.6 cm³/mol. The van der Waals surface area contributed by atoms with Crippen molar-refractivity contribution in [2.45, 2.75) is 37.8 Å². The summed E-state index contributed by atoms with van der Waals surface area (Å²) in [5.41, 5.74) is -0.212. The maximum atomic E-state index is 13.9. The van der Waals surface area contributed by atoms with Crippen LogP contribution in [0, 0.1) is 23.1 Å². The van der Waals surface area contributed by atoms with Gasteiger partial charge in [-0.3, -0.25) is 4.79 Å². The third-order valence-electron chi connectivity index (χ3n) is 4.53. The van der Waals surface area contributed by atoms with Crippen LogP contribution in [0.4, 0.5) is 4.39 Å². The van der Waals surface area contributed by atoms with Gasteiger partial charge in [-0.25, -0.2) is 4.39 Å². The molecule has 0 unspecified atom stereocenters. The summed E-state index contributed by atoms with van der Waals surface area (Å²) < 4.78 is 24.7. The highest BCUT2D eigenvalue weighted by Gasteiger charge is 2.34. The van der Waals surface area contributed by atoms with E-state index in [-0.39, 0.29) is 18.3 Å². The Morgan fingerprint density at radius 3 is 2.83 bits per heavy atom. The molecule has 0 radical (unpaired) electrons. The van der Waals surface area contributed by atoms with Gasteiger partial charge in [-0.15, -0.1) is 0 Å². The summed E-state index contributed by atoms with van der Waals surface area (Å²) in [4.78, 5) is 12.5. The van der Waals surface area contributed by atoms with Crippen molar-refractivity contribution < 1.29 is 18.7 Å². The summed E-state index contributed by atoms with van der Waals surface area (Å²) in [6.45, 7) is 1.67. The lowest BCUT2D eigenvalue weighted by Gasteiger charge is -2.31. The molecule has 1 N–H and O–H groups in total. The van der Waals surface area contributed by atoms with Gasteiger partial charge in [0.05, 0.1) is 12.7 Å². The number of carbonyl (C=O) groups is 1. The number of nitrogens with zero attached hydrogens (tertiary/aromatic N) is 1. The fourth-order valence-corrected chi connectivity index (χ4v) is 2.72. The van der Waals surface area contributed by atoms with Crippen molar-refractivity contribution in [2.75, 3.05) is 19.8 Å². The number of amides is 1. The van der Waals surface area contributed by atoms with E-state index in [1.54, 1.807) is 0 Å². The molecular formula is C18H21FN2O3. The maximum Gasteiger partial charge on any atom is 0.252 e. The van der Waals surface area contributed by atoms with Crippen molar-refractivity contribution >= 4 is 5.91 Å². The summed E-state index contributed by atoms with van der Waals surface area (Å²) in [5.74, 6) is -0.158. The molecule has 1 saturated heterocycles. The SMILES string of the molecule is N#CC1(NC(=O)c2ccc(F)c(COCC3CC3)c2)CCOCC1. The number of hydrogen-bond donors (Lipinski definition) is 1. The Labute approximate surface area is 140 Å². The Kier molecular flexibility index (Phi) is 5.12. The summed E-state index contributed by atoms with van der Waals surface area (Å²) in [6.07, 6.45) is 3.25. The van der Waals surface area contributed by atoms with E-state index in [0.29, 0.717) is 49.7 Å². The molecule has 1 aliphatic carbocycles. The largest absolute Gasteiger partial charge is 0.381 e. The van der Waals surface area contributed by atoms with Crippen LogP contribution in [0.15, 0.2) is 18.2 Å². The van der Waals surface area contributed by atoms with Crippen LogP contribution < -0.4 is 5.32 Å². The molecule has 1 saturated carbocycles. The fraction of sp³-hybridized carbons (Fsp3) is 0.556. The van der Waals surface area contributed by atoms with Crippen molar-refractivity contribution in [3.05, 3.63) is 35.1 Å². The van der Waals surface area contributed by atoms with Crippen LogP contribution in [0.2, 0.25) is 0 Å². The van der Waals surface area contributed by atoms with E-state index in [1.807, 2.05) is 0 Å². The van der Waals surface area contributed by atoms with Crippen LogP contribution in [0.1, 0.15) is 41.6 Å². The van der Waals surface area contributed by atoms with Crippen LogP contribution in [0.5, 0.6) is 0 Å². The van der Waals surface area contributed by atoms with Crippen molar-refractivity contribution in [2.24, 2.45) is 5.92 Å². The number of carbonyl (C=O) groups excluding carboxylic acids is 1. The van der Waals surface area contributed by atoms with Crippen LogP contribution in [0.3, 0.4) is 0 Å². The van der Waals surface area contributed by atoms with Gasteiger partial charge in [0.2, 0.25) is 0 Å².